The monoisotopic (exact) mass is 200 g/mol. The summed E-state index contributed by atoms with van der Waals surface area (Å²) in [6.07, 6.45) is 1.95. The van der Waals surface area contributed by atoms with E-state index in [1.165, 1.54) is 0 Å². The van der Waals surface area contributed by atoms with Gasteiger partial charge < -0.3 is 5.11 Å². The van der Waals surface area contributed by atoms with Gasteiger partial charge in [-0.05, 0) is 17.7 Å². The van der Waals surface area contributed by atoms with Crippen LogP contribution in [0.4, 0.5) is 0 Å². The fraction of sp³-hybridized carbons (Fsp3) is 0.667. The lowest BCUT2D eigenvalue weighted by atomic mass is 10.2. The minimum Gasteiger partial charge on any atom is -0.396 e. The standard InChI is InChI=1S/C9H16N2OS/c1-8(5-12)6-13-7-9-3-4-11(2)10-9/h3-4,8,12H,5-7H2,1-2H3. The Morgan fingerprint density at radius 2 is 2.46 bits per heavy atom. The lowest BCUT2D eigenvalue weighted by molar-refractivity contribution is 0.250. The zero-order valence-corrected chi connectivity index (χ0v) is 8.92. The number of hydrogen-bond donors (Lipinski definition) is 1. The molecule has 0 fully saturated rings. The van der Waals surface area contributed by atoms with Gasteiger partial charge in [0, 0.05) is 25.6 Å². The van der Waals surface area contributed by atoms with Crippen molar-refractivity contribution in [3.63, 3.8) is 0 Å². The molecule has 4 heteroatoms. The minimum atomic E-state index is 0.273. The number of hydrogen-bond acceptors (Lipinski definition) is 3. The van der Waals surface area contributed by atoms with E-state index in [9.17, 15) is 0 Å². The molecule has 0 spiro atoms. The second kappa shape index (κ2) is 5.29. The van der Waals surface area contributed by atoms with Crippen molar-refractivity contribution in [3.05, 3.63) is 18.0 Å². The summed E-state index contributed by atoms with van der Waals surface area (Å²) in [6.45, 7) is 2.32. The Kier molecular flexibility index (Phi) is 4.32. The molecule has 0 aliphatic heterocycles. The first-order valence-corrected chi connectivity index (χ1v) is 5.55. The number of rotatable bonds is 5. The third kappa shape index (κ3) is 3.83. The van der Waals surface area contributed by atoms with Crippen molar-refractivity contribution in [2.45, 2.75) is 12.7 Å². The predicted molar refractivity (Wildman–Crippen MR) is 55.6 cm³/mol. The molecular formula is C9H16N2OS. The number of aliphatic hydroxyl groups is 1. The Bertz CT molecular complexity index is 250. The number of aryl methyl sites for hydroxylation is 1. The number of aliphatic hydroxyl groups excluding tert-OH is 1. The lowest BCUT2D eigenvalue weighted by Crippen LogP contribution is -2.03. The van der Waals surface area contributed by atoms with Crippen LogP contribution in [0.25, 0.3) is 0 Å². The van der Waals surface area contributed by atoms with Gasteiger partial charge in [-0.3, -0.25) is 4.68 Å². The molecule has 1 atom stereocenters. The Labute approximate surface area is 83.1 Å². The molecule has 1 aromatic heterocycles. The van der Waals surface area contributed by atoms with Gasteiger partial charge in [0.25, 0.3) is 0 Å². The van der Waals surface area contributed by atoms with Gasteiger partial charge in [-0.1, -0.05) is 6.92 Å². The van der Waals surface area contributed by atoms with Crippen LogP contribution in [0.1, 0.15) is 12.6 Å². The van der Waals surface area contributed by atoms with E-state index in [1.807, 2.05) is 42.7 Å². The van der Waals surface area contributed by atoms with Crippen molar-refractivity contribution in [2.24, 2.45) is 13.0 Å². The predicted octanol–water partition coefficient (Wildman–Crippen LogP) is 1.28. The van der Waals surface area contributed by atoms with Gasteiger partial charge in [0.1, 0.15) is 0 Å². The van der Waals surface area contributed by atoms with Gasteiger partial charge in [-0.25, -0.2) is 0 Å². The quantitative estimate of drug-likeness (QED) is 0.778. The van der Waals surface area contributed by atoms with E-state index in [0.717, 1.165) is 17.2 Å². The highest BCUT2D eigenvalue weighted by Crippen LogP contribution is 2.13. The molecule has 0 radical (unpaired) electrons. The Balaban J connectivity index is 2.20. The van der Waals surface area contributed by atoms with Crippen LogP contribution in [-0.2, 0) is 12.8 Å². The summed E-state index contributed by atoms with van der Waals surface area (Å²) in [4.78, 5) is 0. The van der Waals surface area contributed by atoms with Gasteiger partial charge in [-0.15, -0.1) is 0 Å². The molecule has 0 amide bonds. The van der Waals surface area contributed by atoms with E-state index >= 15 is 0 Å². The van der Waals surface area contributed by atoms with Crippen molar-refractivity contribution in [1.29, 1.82) is 0 Å². The number of aromatic nitrogens is 2. The Morgan fingerprint density at radius 1 is 1.69 bits per heavy atom. The molecule has 3 nitrogen and oxygen atoms in total. The van der Waals surface area contributed by atoms with E-state index in [0.29, 0.717) is 5.92 Å². The Hall–Kier alpha value is -0.480. The normalized spacial score (nSPS) is 13.2. The fourth-order valence-electron chi connectivity index (χ4n) is 0.958. The molecular weight excluding hydrogens is 184 g/mol. The first kappa shape index (κ1) is 10.6. The summed E-state index contributed by atoms with van der Waals surface area (Å²) < 4.78 is 1.81. The molecule has 0 saturated heterocycles. The van der Waals surface area contributed by atoms with E-state index in [4.69, 9.17) is 5.11 Å². The fourth-order valence-corrected chi connectivity index (χ4v) is 1.95. The highest BCUT2D eigenvalue weighted by atomic mass is 32.2. The van der Waals surface area contributed by atoms with Crippen LogP contribution in [0.15, 0.2) is 12.3 Å². The van der Waals surface area contributed by atoms with Gasteiger partial charge in [0.2, 0.25) is 0 Å². The molecule has 0 saturated carbocycles. The summed E-state index contributed by atoms with van der Waals surface area (Å²) in [6, 6.07) is 2.02. The summed E-state index contributed by atoms with van der Waals surface area (Å²) in [5, 5.41) is 13.1. The van der Waals surface area contributed by atoms with E-state index in [-0.39, 0.29) is 6.61 Å². The zero-order chi connectivity index (χ0) is 9.68. The summed E-state index contributed by atoms with van der Waals surface area (Å²) in [7, 11) is 1.92. The molecule has 1 heterocycles. The van der Waals surface area contributed by atoms with Gasteiger partial charge in [-0.2, -0.15) is 16.9 Å². The van der Waals surface area contributed by atoms with Crippen LogP contribution in [0, 0.1) is 5.92 Å². The lowest BCUT2D eigenvalue weighted by Gasteiger charge is -2.05. The second-order valence-electron chi connectivity index (χ2n) is 3.28. The molecule has 1 rings (SSSR count). The highest BCUT2D eigenvalue weighted by molar-refractivity contribution is 7.98. The molecule has 1 aromatic rings. The molecule has 74 valence electrons. The number of thioether (sulfide) groups is 1. The first-order valence-electron chi connectivity index (χ1n) is 4.39. The van der Waals surface area contributed by atoms with Gasteiger partial charge in [0.15, 0.2) is 0 Å². The van der Waals surface area contributed by atoms with Crippen molar-refractivity contribution >= 4 is 11.8 Å². The Morgan fingerprint density at radius 3 is 3.00 bits per heavy atom. The number of nitrogens with zero attached hydrogens (tertiary/aromatic N) is 2. The largest absolute Gasteiger partial charge is 0.396 e. The zero-order valence-electron chi connectivity index (χ0n) is 8.10. The average Bonchev–Trinajstić information content (AvgIpc) is 2.51. The molecule has 0 aliphatic carbocycles. The first-order chi connectivity index (χ1) is 6.22. The second-order valence-corrected chi connectivity index (χ2v) is 4.31. The van der Waals surface area contributed by atoms with Crippen LogP contribution < -0.4 is 0 Å². The third-order valence-electron chi connectivity index (χ3n) is 1.73. The molecule has 1 unspecified atom stereocenters. The SMILES string of the molecule is CC(CO)CSCc1ccn(C)n1. The van der Waals surface area contributed by atoms with Crippen molar-refractivity contribution in [1.82, 2.24) is 9.78 Å². The molecule has 0 aromatic carbocycles. The van der Waals surface area contributed by atoms with Crippen LogP contribution in [-0.4, -0.2) is 27.2 Å². The summed E-state index contributed by atoms with van der Waals surface area (Å²) in [5.41, 5.74) is 1.11. The van der Waals surface area contributed by atoms with Crippen LogP contribution in [0.3, 0.4) is 0 Å². The smallest absolute Gasteiger partial charge is 0.0723 e. The van der Waals surface area contributed by atoms with E-state index in [2.05, 4.69) is 5.10 Å². The topological polar surface area (TPSA) is 38.0 Å². The van der Waals surface area contributed by atoms with Gasteiger partial charge in [0.05, 0.1) is 5.69 Å². The van der Waals surface area contributed by atoms with E-state index in [1.54, 1.807) is 0 Å². The minimum absolute atomic E-state index is 0.273. The maximum absolute atomic E-state index is 8.80. The highest BCUT2D eigenvalue weighted by Gasteiger charge is 2.01. The van der Waals surface area contributed by atoms with Crippen molar-refractivity contribution in [2.75, 3.05) is 12.4 Å². The molecule has 1 N–H and O–H groups in total. The van der Waals surface area contributed by atoms with Crippen molar-refractivity contribution < 1.29 is 5.11 Å². The van der Waals surface area contributed by atoms with Crippen molar-refractivity contribution in [3.8, 4) is 0 Å². The molecule has 0 bridgehead atoms. The van der Waals surface area contributed by atoms with E-state index < -0.39 is 0 Å². The maximum Gasteiger partial charge on any atom is 0.0723 e. The average molecular weight is 200 g/mol. The summed E-state index contributed by atoms with van der Waals surface area (Å²) >= 11 is 1.82. The maximum atomic E-state index is 8.80. The van der Waals surface area contributed by atoms with Crippen LogP contribution in [0.5, 0.6) is 0 Å². The molecule has 0 aliphatic rings. The van der Waals surface area contributed by atoms with Gasteiger partial charge >= 0.3 is 0 Å². The third-order valence-corrected chi connectivity index (χ3v) is 3.04. The molecule has 13 heavy (non-hydrogen) atoms. The van der Waals surface area contributed by atoms with Crippen LogP contribution >= 0.6 is 11.8 Å². The summed E-state index contributed by atoms with van der Waals surface area (Å²) in [5.74, 6) is 2.31. The van der Waals surface area contributed by atoms with Crippen LogP contribution in [0.2, 0.25) is 0 Å².